The molecule has 0 saturated heterocycles. The summed E-state index contributed by atoms with van der Waals surface area (Å²) >= 11 is 0. The minimum absolute atomic E-state index is 0.119. The average molecular weight is 159 g/mol. The first-order valence-electron chi connectivity index (χ1n) is 4.07. The van der Waals surface area contributed by atoms with Crippen molar-refractivity contribution in [2.45, 2.75) is 33.0 Å². The van der Waals surface area contributed by atoms with E-state index in [2.05, 4.69) is 0 Å². The van der Waals surface area contributed by atoms with Crippen LogP contribution >= 0.6 is 0 Å². The van der Waals surface area contributed by atoms with Crippen molar-refractivity contribution in [3.05, 3.63) is 0 Å². The van der Waals surface area contributed by atoms with Gasteiger partial charge in [-0.1, -0.05) is 0 Å². The normalized spacial score (nSPS) is 10.5. The quantitative estimate of drug-likeness (QED) is 0.454. The highest BCUT2D eigenvalue weighted by atomic mass is 16.7. The van der Waals surface area contributed by atoms with Crippen LogP contribution in [0, 0.1) is 5.41 Å². The van der Waals surface area contributed by atoms with Crippen LogP contribution in [-0.4, -0.2) is 25.7 Å². The van der Waals surface area contributed by atoms with Crippen LogP contribution in [0.1, 0.15) is 26.7 Å². The van der Waals surface area contributed by atoms with Crippen molar-refractivity contribution in [2.24, 2.45) is 0 Å². The van der Waals surface area contributed by atoms with E-state index in [1.807, 2.05) is 13.8 Å². The molecule has 0 unspecified atom stereocenters. The predicted molar refractivity (Wildman–Crippen MR) is 45.1 cm³/mol. The molecule has 0 bridgehead atoms. The Morgan fingerprint density at radius 3 is 2.18 bits per heavy atom. The van der Waals surface area contributed by atoms with Gasteiger partial charge < -0.3 is 14.9 Å². The Morgan fingerprint density at radius 2 is 1.82 bits per heavy atom. The van der Waals surface area contributed by atoms with E-state index in [4.69, 9.17) is 14.9 Å². The Labute approximate surface area is 68.2 Å². The van der Waals surface area contributed by atoms with Gasteiger partial charge in [0.15, 0.2) is 6.29 Å². The summed E-state index contributed by atoms with van der Waals surface area (Å²) in [7, 11) is 0. The van der Waals surface area contributed by atoms with E-state index in [1.54, 1.807) is 0 Å². The number of nitrogens with one attached hydrogen (secondary N) is 1. The maximum Gasteiger partial charge on any atom is 0.157 e. The molecule has 11 heavy (non-hydrogen) atoms. The van der Waals surface area contributed by atoms with E-state index in [1.165, 1.54) is 6.21 Å². The maximum atomic E-state index is 6.82. The maximum absolute atomic E-state index is 6.82. The molecule has 0 fully saturated rings. The van der Waals surface area contributed by atoms with Crippen molar-refractivity contribution < 1.29 is 9.47 Å². The molecule has 0 spiro atoms. The standard InChI is InChI=1S/C8H17NO2/c1-3-10-8(11-4-2)6-5-7-9/h7-9H,3-6H2,1-2H3. The molecule has 0 aliphatic carbocycles. The van der Waals surface area contributed by atoms with Gasteiger partial charge in [-0.2, -0.15) is 0 Å². The van der Waals surface area contributed by atoms with E-state index in [9.17, 15) is 0 Å². The van der Waals surface area contributed by atoms with E-state index >= 15 is 0 Å². The van der Waals surface area contributed by atoms with E-state index in [-0.39, 0.29) is 6.29 Å². The van der Waals surface area contributed by atoms with Crippen LogP contribution in [0.4, 0.5) is 0 Å². The average Bonchev–Trinajstić information content (AvgIpc) is 2.01. The fourth-order valence-electron chi connectivity index (χ4n) is 0.806. The topological polar surface area (TPSA) is 42.3 Å². The summed E-state index contributed by atoms with van der Waals surface area (Å²) in [6.07, 6.45) is 2.77. The number of hydrogen-bond acceptors (Lipinski definition) is 3. The second kappa shape index (κ2) is 7.69. The van der Waals surface area contributed by atoms with Crippen molar-refractivity contribution >= 4 is 6.21 Å². The third kappa shape index (κ3) is 6.01. The Bertz CT molecular complexity index is 90.1. The molecular weight excluding hydrogens is 142 g/mol. The smallest absolute Gasteiger partial charge is 0.157 e. The summed E-state index contributed by atoms with van der Waals surface area (Å²) in [5, 5.41) is 6.82. The summed E-state index contributed by atoms with van der Waals surface area (Å²) < 4.78 is 10.5. The van der Waals surface area contributed by atoms with Gasteiger partial charge in [0, 0.05) is 19.6 Å². The van der Waals surface area contributed by atoms with Crippen LogP contribution in [0.25, 0.3) is 0 Å². The zero-order chi connectivity index (χ0) is 8.53. The van der Waals surface area contributed by atoms with Gasteiger partial charge >= 0.3 is 0 Å². The molecule has 0 aromatic carbocycles. The Morgan fingerprint density at radius 1 is 1.27 bits per heavy atom. The van der Waals surface area contributed by atoms with Crippen LogP contribution in [0.3, 0.4) is 0 Å². The molecule has 0 aromatic heterocycles. The fourth-order valence-corrected chi connectivity index (χ4v) is 0.806. The number of rotatable bonds is 7. The summed E-state index contributed by atoms with van der Waals surface area (Å²) in [5.74, 6) is 0. The van der Waals surface area contributed by atoms with E-state index < -0.39 is 0 Å². The minimum atomic E-state index is -0.119. The van der Waals surface area contributed by atoms with Crippen molar-refractivity contribution in [1.82, 2.24) is 0 Å². The lowest BCUT2D eigenvalue weighted by atomic mass is 10.3. The molecule has 0 atom stereocenters. The van der Waals surface area contributed by atoms with Crippen molar-refractivity contribution in [1.29, 1.82) is 5.41 Å². The highest BCUT2D eigenvalue weighted by Gasteiger charge is 2.05. The van der Waals surface area contributed by atoms with Crippen LogP contribution < -0.4 is 0 Å². The molecular formula is C8H17NO2. The minimum Gasteiger partial charge on any atom is -0.353 e. The lowest BCUT2D eigenvalue weighted by Crippen LogP contribution is -2.17. The van der Waals surface area contributed by atoms with Gasteiger partial charge in [-0.05, 0) is 26.5 Å². The SMILES string of the molecule is CCOC(CCC=N)OCC. The van der Waals surface area contributed by atoms with Crippen LogP contribution in [0.15, 0.2) is 0 Å². The zero-order valence-electron chi connectivity index (χ0n) is 7.30. The molecule has 0 rings (SSSR count). The van der Waals surface area contributed by atoms with Crippen molar-refractivity contribution in [3.63, 3.8) is 0 Å². The van der Waals surface area contributed by atoms with Gasteiger partial charge in [-0.3, -0.25) is 0 Å². The van der Waals surface area contributed by atoms with Crippen molar-refractivity contribution in [3.8, 4) is 0 Å². The van der Waals surface area contributed by atoms with Crippen LogP contribution in [-0.2, 0) is 9.47 Å². The molecule has 3 nitrogen and oxygen atoms in total. The fraction of sp³-hybridized carbons (Fsp3) is 0.875. The number of ether oxygens (including phenoxy) is 2. The lowest BCUT2D eigenvalue weighted by Gasteiger charge is -2.15. The van der Waals surface area contributed by atoms with Crippen molar-refractivity contribution in [2.75, 3.05) is 13.2 Å². The van der Waals surface area contributed by atoms with Gasteiger partial charge in [0.2, 0.25) is 0 Å². The highest BCUT2D eigenvalue weighted by molar-refractivity contribution is 5.52. The summed E-state index contributed by atoms with van der Waals surface area (Å²) in [4.78, 5) is 0. The molecule has 0 saturated carbocycles. The summed E-state index contributed by atoms with van der Waals surface area (Å²) in [6.45, 7) is 5.22. The third-order valence-corrected chi connectivity index (χ3v) is 1.25. The second-order valence-corrected chi connectivity index (χ2v) is 2.12. The van der Waals surface area contributed by atoms with Gasteiger partial charge in [-0.25, -0.2) is 0 Å². The molecule has 0 heterocycles. The molecule has 1 N–H and O–H groups in total. The monoisotopic (exact) mass is 159 g/mol. The molecule has 3 heteroatoms. The lowest BCUT2D eigenvalue weighted by molar-refractivity contribution is -0.138. The van der Waals surface area contributed by atoms with Gasteiger partial charge in [0.05, 0.1) is 0 Å². The van der Waals surface area contributed by atoms with Gasteiger partial charge in [0.1, 0.15) is 0 Å². The first-order chi connectivity index (χ1) is 5.35. The van der Waals surface area contributed by atoms with Crippen LogP contribution in [0.2, 0.25) is 0 Å². The molecule has 0 aliphatic heterocycles. The number of hydrogen-bond donors (Lipinski definition) is 1. The largest absolute Gasteiger partial charge is 0.353 e. The summed E-state index contributed by atoms with van der Waals surface area (Å²) in [5.41, 5.74) is 0. The first kappa shape index (κ1) is 10.6. The third-order valence-electron chi connectivity index (χ3n) is 1.25. The molecule has 0 aliphatic rings. The Hall–Kier alpha value is -0.410. The molecule has 0 amide bonds. The summed E-state index contributed by atoms with van der Waals surface area (Å²) in [6, 6.07) is 0. The predicted octanol–water partition coefficient (Wildman–Crippen LogP) is 1.82. The zero-order valence-corrected chi connectivity index (χ0v) is 7.30. The van der Waals surface area contributed by atoms with E-state index in [0.717, 1.165) is 12.8 Å². The van der Waals surface area contributed by atoms with E-state index in [0.29, 0.717) is 13.2 Å². The van der Waals surface area contributed by atoms with Crippen LogP contribution in [0.5, 0.6) is 0 Å². The van der Waals surface area contributed by atoms with Gasteiger partial charge in [0.25, 0.3) is 0 Å². The molecule has 0 aromatic rings. The van der Waals surface area contributed by atoms with Gasteiger partial charge in [-0.15, -0.1) is 0 Å². The Balaban J connectivity index is 3.41. The molecule has 0 radical (unpaired) electrons. The second-order valence-electron chi connectivity index (χ2n) is 2.12. The molecule has 66 valence electrons. The first-order valence-corrected chi connectivity index (χ1v) is 4.07. The Kier molecular flexibility index (Phi) is 7.41. The highest BCUT2D eigenvalue weighted by Crippen LogP contribution is 2.02.